The number of sulfone groups is 1. The second kappa shape index (κ2) is 7.36. The zero-order valence-electron chi connectivity index (χ0n) is 16.0. The van der Waals surface area contributed by atoms with Crippen molar-refractivity contribution >= 4 is 27.5 Å². The average Bonchev–Trinajstić information content (AvgIpc) is 3.20. The quantitative estimate of drug-likeness (QED) is 0.737. The summed E-state index contributed by atoms with van der Waals surface area (Å²) in [7, 11) is -3.78. The van der Waals surface area contributed by atoms with Crippen LogP contribution in [0.15, 0.2) is 33.6 Å². The SMILES string of the molecule is Cc1nnc(C2CC(S(=O)(=O)c3ccccc3Cl)CN2C(=O)OC(C)(C)C)o1. The number of aromatic nitrogens is 2. The highest BCUT2D eigenvalue weighted by atomic mass is 35.5. The molecule has 152 valence electrons. The first-order valence-electron chi connectivity index (χ1n) is 8.77. The Labute approximate surface area is 168 Å². The summed E-state index contributed by atoms with van der Waals surface area (Å²) >= 11 is 6.10. The third-order valence-electron chi connectivity index (χ3n) is 4.30. The van der Waals surface area contributed by atoms with E-state index in [1.54, 1.807) is 39.8 Å². The number of halogens is 1. The van der Waals surface area contributed by atoms with Gasteiger partial charge in [0.05, 0.1) is 15.2 Å². The Morgan fingerprint density at radius 2 is 1.96 bits per heavy atom. The Hall–Kier alpha value is -2.13. The molecule has 1 saturated heterocycles. The third-order valence-corrected chi connectivity index (χ3v) is 6.93. The molecule has 2 unspecified atom stereocenters. The number of carbonyl (C=O) groups excluding carboxylic acids is 1. The minimum absolute atomic E-state index is 0.0353. The van der Waals surface area contributed by atoms with E-state index in [2.05, 4.69) is 10.2 Å². The summed E-state index contributed by atoms with van der Waals surface area (Å²) in [6, 6.07) is 5.55. The van der Waals surface area contributed by atoms with Crippen LogP contribution in [0.25, 0.3) is 0 Å². The van der Waals surface area contributed by atoms with Crippen molar-refractivity contribution in [2.45, 2.75) is 55.9 Å². The summed E-state index contributed by atoms with van der Waals surface area (Å²) < 4.78 is 37.2. The highest BCUT2D eigenvalue weighted by Gasteiger charge is 2.46. The van der Waals surface area contributed by atoms with Crippen LogP contribution >= 0.6 is 11.6 Å². The van der Waals surface area contributed by atoms with Gasteiger partial charge in [-0.2, -0.15) is 0 Å². The van der Waals surface area contributed by atoms with E-state index >= 15 is 0 Å². The average molecular weight is 428 g/mol. The largest absolute Gasteiger partial charge is 0.444 e. The number of likely N-dealkylation sites (tertiary alicyclic amines) is 1. The Kier molecular flexibility index (Phi) is 5.42. The Morgan fingerprint density at radius 1 is 1.29 bits per heavy atom. The summed E-state index contributed by atoms with van der Waals surface area (Å²) in [6.07, 6.45) is -0.528. The predicted molar refractivity (Wildman–Crippen MR) is 102 cm³/mol. The van der Waals surface area contributed by atoms with Gasteiger partial charge < -0.3 is 9.15 Å². The normalized spacial score (nSPS) is 20.4. The van der Waals surface area contributed by atoms with E-state index in [0.29, 0.717) is 5.89 Å². The van der Waals surface area contributed by atoms with Crippen molar-refractivity contribution in [2.24, 2.45) is 0 Å². The fourth-order valence-electron chi connectivity index (χ4n) is 3.08. The van der Waals surface area contributed by atoms with Crippen molar-refractivity contribution in [3.63, 3.8) is 0 Å². The number of rotatable bonds is 3. The molecule has 1 aromatic carbocycles. The summed E-state index contributed by atoms with van der Waals surface area (Å²) in [5.74, 6) is 0.511. The smallest absolute Gasteiger partial charge is 0.411 e. The minimum atomic E-state index is -3.78. The molecule has 1 aromatic heterocycles. The van der Waals surface area contributed by atoms with Crippen LogP contribution < -0.4 is 0 Å². The number of amides is 1. The van der Waals surface area contributed by atoms with Crippen LogP contribution in [0.1, 0.15) is 45.0 Å². The lowest BCUT2D eigenvalue weighted by Gasteiger charge is -2.27. The van der Waals surface area contributed by atoms with E-state index in [0.717, 1.165) is 0 Å². The number of hydrogen-bond acceptors (Lipinski definition) is 7. The van der Waals surface area contributed by atoms with Crippen molar-refractivity contribution in [1.29, 1.82) is 0 Å². The van der Waals surface area contributed by atoms with Gasteiger partial charge in [0.25, 0.3) is 0 Å². The molecule has 2 heterocycles. The van der Waals surface area contributed by atoms with Crippen LogP contribution in [0.5, 0.6) is 0 Å². The molecule has 3 rings (SSSR count). The Bertz CT molecular complexity index is 983. The first-order chi connectivity index (χ1) is 13.0. The van der Waals surface area contributed by atoms with Crippen LogP contribution in [0.2, 0.25) is 5.02 Å². The lowest BCUT2D eigenvalue weighted by Crippen LogP contribution is -2.38. The fraction of sp³-hybridized carbons (Fsp3) is 0.500. The molecule has 2 aromatic rings. The van der Waals surface area contributed by atoms with E-state index in [4.69, 9.17) is 20.8 Å². The van der Waals surface area contributed by atoms with Crippen LogP contribution in [0.3, 0.4) is 0 Å². The van der Waals surface area contributed by atoms with E-state index in [9.17, 15) is 13.2 Å². The molecule has 1 aliphatic heterocycles. The van der Waals surface area contributed by atoms with Gasteiger partial charge in [0.2, 0.25) is 11.8 Å². The zero-order chi connectivity index (χ0) is 20.7. The maximum absolute atomic E-state index is 13.2. The van der Waals surface area contributed by atoms with Crippen LogP contribution in [0, 0.1) is 6.92 Å². The molecule has 1 fully saturated rings. The molecule has 0 N–H and O–H groups in total. The van der Waals surface area contributed by atoms with E-state index in [-0.39, 0.29) is 28.8 Å². The van der Waals surface area contributed by atoms with Gasteiger partial charge in [-0.25, -0.2) is 13.2 Å². The maximum Gasteiger partial charge on any atom is 0.411 e. The fourth-order valence-corrected chi connectivity index (χ4v) is 5.30. The number of hydrogen-bond donors (Lipinski definition) is 0. The van der Waals surface area contributed by atoms with Gasteiger partial charge in [0.15, 0.2) is 9.84 Å². The second-order valence-corrected chi connectivity index (χ2v) is 10.2. The van der Waals surface area contributed by atoms with Gasteiger partial charge in [-0.3, -0.25) is 4.90 Å². The lowest BCUT2D eigenvalue weighted by atomic mass is 10.2. The molecule has 0 spiro atoms. The van der Waals surface area contributed by atoms with Crippen LogP contribution in [0.4, 0.5) is 4.79 Å². The van der Waals surface area contributed by atoms with E-state index in [1.807, 2.05) is 0 Å². The molecule has 0 saturated carbocycles. The highest BCUT2D eigenvalue weighted by Crippen LogP contribution is 2.38. The van der Waals surface area contributed by atoms with Crippen molar-refractivity contribution in [3.05, 3.63) is 41.1 Å². The van der Waals surface area contributed by atoms with E-state index in [1.165, 1.54) is 17.0 Å². The monoisotopic (exact) mass is 427 g/mol. The summed E-state index contributed by atoms with van der Waals surface area (Å²) in [4.78, 5) is 14.1. The van der Waals surface area contributed by atoms with Crippen molar-refractivity contribution in [2.75, 3.05) is 6.54 Å². The van der Waals surface area contributed by atoms with Gasteiger partial charge in [-0.1, -0.05) is 23.7 Å². The molecule has 0 radical (unpaired) electrons. The number of nitrogens with zero attached hydrogens (tertiary/aromatic N) is 3. The Balaban J connectivity index is 1.95. The summed E-state index contributed by atoms with van der Waals surface area (Å²) in [5, 5.41) is 7.03. The first-order valence-corrected chi connectivity index (χ1v) is 10.7. The van der Waals surface area contributed by atoms with E-state index < -0.39 is 32.8 Å². The standard InChI is InChI=1S/C18H22ClN3O5S/c1-11-20-21-16(26-11)14-9-12(10-22(14)17(23)27-18(2,3)4)28(24,25)15-8-6-5-7-13(15)19/h5-8,12,14H,9-10H2,1-4H3. The molecule has 10 heteroatoms. The topological polar surface area (TPSA) is 103 Å². The highest BCUT2D eigenvalue weighted by molar-refractivity contribution is 7.92. The molecule has 2 atom stereocenters. The molecule has 28 heavy (non-hydrogen) atoms. The second-order valence-electron chi connectivity index (χ2n) is 7.64. The predicted octanol–water partition coefficient (Wildman–Crippen LogP) is 3.56. The maximum atomic E-state index is 13.2. The minimum Gasteiger partial charge on any atom is -0.444 e. The molecular formula is C18H22ClN3O5S. The van der Waals surface area contributed by atoms with Crippen molar-refractivity contribution in [1.82, 2.24) is 15.1 Å². The Morgan fingerprint density at radius 3 is 2.54 bits per heavy atom. The van der Waals surface area contributed by atoms with Gasteiger partial charge in [0.1, 0.15) is 11.6 Å². The number of benzene rings is 1. The summed E-state index contributed by atoms with van der Waals surface area (Å²) in [6.45, 7) is 6.79. The molecule has 8 nitrogen and oxygen atoms in total. The number of ether oxygens (including phenoxy) is 1. The summed E-state index contributed by atoms with van der Waals surface area (Å²) in [5.41, 5.74) is -0.730. The van der Waals surface area contributed by atoms with Gasteiger partial charge in [0, 0.05) is 13.5 Å². The van der Waals surface area contributed by atoms with Crippen LogP contribution in [-0.2, 0) is 14.6 Å². The first kappa shape index (κ1) is 20.6. The van der Waals surface area contributed by atoms with Crippen molar-refractivity contribution in [3.8, 4) is 0 Å². The molecule has 0 bridgehead atoms. The van der Waals surface area contributed by atoms with Gasteiger partial charge in [-0.15, -0.1) is 10.2 Å². The lowest BCUT2D eigenvalue weighted by molar-refractivity contribution is 0.0203. The van der Waals surface area contributed by atoms with Gasteiger partial charge in [-0.05, 0) is 39.3 Å². The number of carbonyl (C=O) groups is 1. The van der Waals surface area contributed by atoms with Gasteiger partial charge >= 0.3 is 6.09 Å². The van der Waals surface area contributed by atoms with Crippen molar-refractivity contribution < 1.29 is 22.4 Å². The molecule has 0 aliphatic carbocycles. The number of aryl methyl sites for hydroxylation is 1. The molecule has 1 aliphatic rings. The molecule has 1 amide bonds. The third kappa shape index (κ3) is 4.15. The zero-order valence-corrected chi connectivity index (χ0v) is 17.6. The molecular weight excluding hydrogens is 406 g/mol. The van der Waals surface area contributed by atoms with Crippen LogP contribution in [-0.4, -0.2) is 47.0 Å².